The minimum Gasteiger partial charge on any atom is -0.394 e. The van der Waals surface area contributed by atoms with Crippen LogP contribution < -0.4 is 5.32 Å². The van der Waals surface area contributed by atoms with Crippen molar-refractivity contribution in [2.75, 3.05) is 57.9 Å². The number of aromatic nitrogens is 2. The van der Waals surface area contributed by atoms with Gasteiger partial charge in [-0.2, -0.15) is 5.10 Å². The number of amides is 2. The Balaban J connectivity index is 1.49. The molecule has 2 aromatic carbocycles. The van der Waals surface area contributed by atoms with Gasteiger partial charge in [-0.25, -0.2) is 4.39 Å². The molecule has 1 aliphatic heterocycles. The Kier molecular flexibility index (Phi) is 9.57. The Bertz CT molecular complexity index is 1330. The summed E-state index contributed by atoms with van der Waals surface area (Å²) >= 11 is 6.41. The van der Waals surface area contributed by atoms with Gasteiger partial charge in [-0.3, -0.25) is 19.2 Å². The highest BCUT2D eigenvalue weighted by molar-refractivity contribution is 6.34. The van der Waals surface area contributed by atoms with Gasteiger partial charge in [0.25, 0.3) is 11.8 Å². The maximum absolute atomic E-state index is 13.6. The van der Waals surface area contributed by atoms with E-state index in [0.29, 0.717) is 72.5 Å². The average Bonchev–Trinajstić information content (AvgIpc) is 3.39. The van der Waals surface area contributed by atoms with Crippen LogP contribution in [0.25, 0.3) is 11.3 Å². The number of carbonyl (C=O) groups is 2. The van der Waals surface area contributed by atoms with Gasteiger partial charge in [-0.05, 0) is 63.2 Å². The van der Waals surface area contributed by atoms with E-state index in [1.165, 1.54) is 18.3 Å². The van der Waals surface area contributed by atoms with Crippen molar-refractivity contribution in [3.8, 4) is 11.3 Å². The maximum Gasteiger partial charge on any atom is 0.259 e. The summed E-state index contributed by atoms with van der Waals surface area (Å²) in [5.74, 6) is -0.985. The van der Waals surface area contributed by atoms with E-state index < -0.39 is 11.4 Å². The molecule has 0 saturated carbocycles. The highest BCUT2D eigenvalue weighted by atomic mass is 35.5. The zero-order valence-electron chi connectivity index (χ0n) is 23.0. The maximum atomic E-state index is 13.6. The van der Waals surface area contributed by atoms with Crippen LogP contribution in [0.5, 0.6) is 0 Å². The van der Waals surface area contributed by atoms with Gasteiger partial charge in [0.05, 0.1) is 53.4 Å². The minimum absolute atomic E-state index is 0.00147. The predicted octanol–water partition coefficient (Wildman–Crippen LogP) is 4.12. The van der Waals surface area contributed by atoms with Gasteiger partial charge >= 0.3 is 0 Å². The smallest absolute Gasteiger partial charge is 0.259 e. The van der Waals surface area contributed by atoms with Crippen molar-refractivity contribution < 1.29 is 23.8 Å². The van der Waals surface area contributed by atoms with Crippen molar-refractivity contribution >= 4 is 29.1 Å². The lowest BCUT2D eigenvalue weighted by Gasteiger charge is -2.34. The molecule has 214 valence electrons. The van der Waals surface area contributed by atoms with E-state index in [1.807, 2.05) is 20.8 Å². The van der Waals surface area contributed by atoms with E-state index >= 15 is 0 Å². The number of nitrogens with one attached hydrogen (secondary N) is 1. The van der Waals surface area contributed by atoms with Crippen LogP contribution in [0.15, 0.2) is 48.7 Å². The molecule has 0 spiro atoms. The van der Waals surface area contributed by atoms with E-state index in [9.17, 15) is 14.0 Å². The van der Waals surface area contributed by atoms with Gasteiger partial charge < -0.3 is 20.1 Å². The normalized spacial score (nSPS) is 14.4. The molecular formula is C29H35ClFN5O4. The van der Waals surface area contributed by atoms with Gasteiger partial charge in [0.2, 0.25) is 0 Å². The van der Waals surface area contributed by atoms with Crippen LogP contribution >= 0.6 is 11.6 Å². The Morgan fingerprint density at radius 3 is 2.40 bits per heavy atom. The fourth-order valence-electron chi connectivity index (χ4n) is 4.58. The zero-order valence-corrected chi connectivity index (χ0v) is 23.7. The summed E-state index contributed by atoms with van der Waals surface area (Å²) in [6, 6.07) is 10.8. The first-order valence-corrected chi connectivity index (χ1v) is 13.6. The van der Waals surface area contributed by atoms with Gasteiger partial charge in [-0.1, -0.05) is 11.6 Å². The van der Waals surface area contributed by atoms with Crippen LogP contribution in [-0.2, 0) is 10.3 Å². The number of nitrogens with zero attached hydrogens (tertiary/aromatic N) is 4. The van der Waals surface area contributed by atoms with Crippen molar-refractivity contribution in [2.45, 2.75) is 26.3 Å². The van der Waals surface area contributed by atoms with Gasteiger partial charge in [0.1, 0.15) is 5.82 Å². The first-order chi connectivity index (χ1) is 19.1. The molecule has 11 heteroatoms. The highest BCUT2D eigenvalue weighted by Gasteiger charge is 2.27. The van der Waals surface area contributed by atoms with Crippen molar-refractivity contribution in [2.24, 2.45) is 0 Å². The van der Waals surface area contributed by atoms with Crippen LogP contribution in [0.1, 0.15) is 41.5 Å². The summed E-state index contributed by atoms with van der Waals surface area (Å²) in [5, 5.41) is 16.5. The Hall–Kier alpha value is -3.31. The van der Waals surface area contributed by atoms with E-state index in [1.54, 1.807) is 39.9 Å². The van der Waals surface area contributed by atoms with Crippen molar-refractivity contribution in [1.29, 1.82) is 0 Å². The number of hydrogen-bond acceptors (Lipinski definition) is 6. The molecule has 3 aromatic rings. The molecule has 2 heterocycles. The third-order valence-corrected chi connectivity index (χ3v) is 7.00. The van der Waals surface area contributed by atoms with Crippen molar-refractivity contribution in [1.82, 2.24) is 19.6 Å². The summed E-state index contributed by atoms with van der Waals surface area (Å²) in [6.45, 7) is 9.96. The van der Waals surface area contributed by atoms with E-state index in [-0.39, 0.29) is 18.3 Å². The fraction of sp³-hybridized carbons (Fsp3) is 0.414. The largest absolute Gasteiger partial charge is 0.394 e. The van der Waals surface area contributed by atoms with Gasteiger partial charge in [0.15, 0.2) is 0 Å². The molecule has 2 amide bonds. The number of ether oxygens (including phenoxy) is 1. The topological polar surface area (TPSA) is 99.9 Å². The lowest BCUT2D eigenvalue weighted by Crippen LogP contribution is -2.49. The molecule has 0 aliphatic carbocycles. The lowest BCUT2D eigenvalue weighted by molar-refractivity contribution is 0.0486. The molecule has 0 unspecified atom stereocenters. The minimum atomic E-state index is -0.432. The highest BCUT2D eigenvalue weighted by Crippen LogP contribution is 2.30. The number of benzene rings is 2. The van der Waals surface area contributed by atoms with Gasteiger partial charge in [0, 0.05) is 44.0 Å². The molecule has 9 nitrogen and oxygen atoms in total. The molecule has 1 aromatic heterocycles. The van der Waals surface area contributed by atoms with Crippen molar-refractivity contribution in [3.05, 3.63) is 70.6 Å². The summed E-state index contributed by atoms with van der Waals surface area (Å²) < 4.78 is 20.7. The monoisotopic (exact) mass is 571 g/mol. The third kappa shape index (κ3) is 7.06. The number of aliphatic hydroxyl groups excluding tert-OH is 1. The SMILES string of the molecule is CC(C)(C)n1ncc(C(=O)Nc2ccc(Cl)c(C(=O)N3CCN(CCOCCO)CC3)c2)c1-c1ccc(F)cc1. The standard InChI is InChI=1S/C29H35ClFN5O4/c1-29(2,3)36-26(20-4-6-21(31)7-5-20)24(19-32-36)27(38)33-22-8-9-25(30)23(18-22)28(39)35-12-10-34(11-13-35)14-16-40-17-15-37/h4-9,18-19,37H,10-17H2,1-3H3,(H,33,38). The van der Waals surface area contributed by atoms with Crippen molar-refractivity contribution in [3.63, 3.8) is 0 Å². The average molecular weight is 572 g/mol. The molecule has 0 atom stereocenters. The molecule has 2 N–H and O–H groups in total. The van der Waals surface area contributed by atoms with E-state index in [2.05, 4.69) is 15.3 Å². The summed E-state index contributed by atoms with van der Waals surface area (Å²) in [5.41, 5.74) is 1.84. The summed E-state index contributed by atoms with van der Waals surface area (Å²) in [4.78, 5) is 30.7. The predicted molar refractivity (Wildman–Crippen MR) is 152 cm³/mol. The summed E-state index contributed by atoms with van der Waals surface area (Å²) in [7, 11) is 0. The molecule has 1 aliphatic rings. The number of rotatable bonds is 9. The van der Waals surface area contributed by atoms with Gasteiger partial charge in [-0.15, -0.1) is 0 Å². The number of aliphatic hydroxyl groups is 1. The third-order valence-electron chi connectivity index (χ3n) is 6.67. The number of piperazine rings is 1. The zero-order chi connectivity index (χ0) is 28.9. The molecule has 40 heavy (non-hydrogen) atoms. The Morgan fingerprint density at radius 2 is 1.75 bits per heavy atom. The van der Waals surface area contributed by atoms with E-state index in [4.69, 9.17) is 21.4 Å². The molecule has 4 rings (SSSR count). The first kappa shape index (κ1) is 29.7. The van der Waals surface area contributed by atoms with Crippen LogP contribution in [0.3, 0.4) is 0 Å². The molecular weight excluding hydrogens is 537 g/mol. The molecule has 1 fully saturated rings. The van der Waals surface area contributed by atoms with Crippen LogP contribution in [0.4, 0.5) is 10.1 Å². The number of anilines is 1. The van der Waals surface area contributed by atoms with E-state index in [0.717, 1.165) is 6.54 Å². The number of halogens is 2. The number of carbonyl (C=O) groups excluding carboxylic acids is 2. The second-order valence-corrected chi connectivity index (χ2v) is 11.0. The molecule has 0 bridgehead atoms. The Labute approximate surface area is 238 Å². The van der Waals surface area contributed by atoms with Crippen LogP contribution in [0, 0.1) is 5.82 Å². The Morgan fingerprint density at radius 1 is 1.05 bits per heavy atom. The second-order valence-electron chi connectivity index (χ2n) is 10.6. The fourth-order valence-corrected chi connectivity index (χ4v) is 4.78. The van der Waals surface area contributed by atoms with Crippen LogP contribution in [-0.4, -0.2) is 89.0 Å². The lowest BCUT2D eigenvalue weighted by atomic mass is 10.0. The molecule has 0 radical (unpaired) electrons. The quantitative estimate of drug-likeness (QED) is 0.375. The van der Waals surface area contributed by atoms with Crippen LogP contribution in [0.2, 0.25) is 5.02 Å². The summed E-state index contributed by atoms with van der Waals surface area (Å²) in [6.07, 6.45) is 1.50. The second kappa shape index (κ2) is 12.9. The number of hydrogen-bond donors (Lipinski definition) is 2. The molecule has 1 saturated heterocycles. The first-order valence-electron chi connectivity index (χ1n) is 13.2.